The molecule has 0 bridgehead atoms. The molecule has 0 saturated carbocycles. The molecule has 1 saturated heterocycles. The highest BCUT2D eigenvalue weighted by atomic mass is 16.5. The molecule has 10 heteroatoms. The summed E-state index contributed by atoms with van der Waals surface area (Å²) in [6.07, 6.45) is 2.36. The average molecular weight is 561 g/mol. The number of amides is 1. The summed E-state index contributed by atoms with van der Waals surface area (Å²) >= 11 is 0. The number of allylic oxidation sites excluding steroid dienone is 2. The van der Waals surface area contributed by atoms with E-state index in [9.17, 15) is 34.8 Å². The Morgan fingerprint density at radius 1 is 1.07 bits per heavy atom. The molecule has 3 aliphatic carbocycles. The number of likely N-dealkylation sites (tertiary alicyclic amines) is 1. The summed E-state index contributed by atoms with van der Waals surface area (Å²) < 4.78 is 5.68. The highest BCUT2D eigenvalue weighted by Gasteiger charge is 2.59. The largest absolute Gasteiger partial charge is 0.511 e. The lowest BCUT2D eigenvalue weighted by molar-refractivity contribution is -0.144. The number of primary amides is 1. The number of hydrogen-bond donors (Lipinski definition) is 5. The maximum Gasteiger partial charge on any atom is 0.255 e. The number of hydrogen-bond acceptors (Lipinski definition) is 9. The lowest BCUT2D eigenvalue weighted by Crippen LogP contribution is -2.57. The quantitative estimate of drug-likeness (QED) is 0.345. The Labute approximate surface area is 236 Å². The Hall–Kier alpha value is -4.15. The highest BCUT2D eigenvalue weighted by Crippen LogP contribution is 2.52. The first kappa shape index (κ1) is 27.0. The third kappa shape index (κ3) is 4.04. The molecule has 4 aliphatic rings. The second-order valence-electron chi connectivity index (χ2n) is 11.4. The van der Waals surface area contributed by atoms with Gasteiger partial charge in [0.15, 0.2) is 11.4 Å². The smallest absolute Gasteiger partial charge is 0.255 e. The molecular weight excluding hydrogens is 528 g/mol. The number of nitrogens with two attached hydrogens (primary N) is 1. The van der Waals surface area contributed by atoms with E-state index >= 15 is 0 Å². The van der Waals surface area contributed by atoms with Crippen LogP contribution in [-0.2, 0) is 22.6 Å². The van der Waals surface area contributed by atoms with Gasteiger partial charge in [0, 0.05) is 30.0 Å². The third-order valence-corrected chi connectivity index (χ3v) is 9.10. The minimum atomic E-state index is -2.59. The van der Waals surface area contributed by atoms with Crippen LogP contribution in [-0.4, -0.2) is 68.6 Å². The highest BCUT2D eigenvalue weighted by molar-refractivity contribution is 6.24. The fraction of sp³-hybridized carbons (Fsp3) is 0.387. The number of phenolic OH excluding ortho intramolecular Hbond substituents is 1. The Morgan fingerprint density at radius 2 is 1.80 bits per heavy atom. The summed E-state index contributed by atoms with van der Waals surface area (Å²) in [5.74, 6) is -5.88. The number of aliphatic hydroxyl groups excluding tert-OH is 2. The minimum Gasteiger partial charge on any atom is -0.511 e. The van der Waals surface area contributed by atoms with Gasteiger partial charge in [-0.25, -0.2) is 0 Å². The summed E-state index contributed by atoms with van der Waals surface area (Å²) in [7, 11) is 1.57. The second kappa shape index (κ2) is 9.74. The number of carbonyl (C=O) groups is 3. The number of Topliss-reactive ketones (excluding diaryl/α,β-unsaturated/α-hetero) is 2. The molecule has 6 rings (SSSR count). The van der Waals surface area contributed by atoms with Crippen LogP contribution in [0.3, 0.4) is 0 Å². The van der Waals surface area contributed by atoms with Gasteiger partial charge in [-0.15, -0.1) is 0 Å². The number of methoxy groups -OCH3 is 1. The summed E-state index contributed by atoms with van der Waals surface area (Å²) in [4.78, 5) is 41.3. The zero-order chi connectivity index (χ0) is 29.2. The van der Waals surface area contributed by atoms with Gasteiger partial charge in [0.2, 0.25) is 5.78 Å². The van der Waals surface area contributed by atoms with Gasteiger partial charge >= 0.3 is 0 Å². The molecule has 6 N–H and O–H groups in total. The number of rotatable bonds is 5. The van der Waals surface area contributed by atoms with Crippen LogP contribution in [0.4, 0.5) is 0 Å². The van der Waals surface area contributed by atoms with E-state index in [1.807, 2.05) is 18.2 Å². The summed E-state index contributed by atoms with van der Waals surface area (Å²) in [5.41, 5.74) is 4.80. The number of nitrogens with zero attached hydrogens (tertiary/aromatic N) is 1. The van der Waals surface area contributed by atoms with E-state index in [0.717, 1.165) is 30.8 Å². The number of ether oxygens (including phenoxy) is 1. The zero-order valence-electron chi connectivity index (χ0n) is 22.6. The van der Waals surface area contributed by atoms with Crippen molar-refractivity contribution in [3.05, 3.63) is 69.7 Å². The van der Waals surface area contributed by atoms with Gasteiger partial charge in [-0.3, -0.25) is 19.3 Å². The van der Waals surface area contributed by atoms with E-state index in [0.29, 0.717) is 16.9 Å². The van der Waals surface area contributed by atoms with Crippen molar-refractivity contribution < 1.29 is 39.5 Å². The topological polar surface area (TPSA) is 171 Å². The molecule has 214 valence electrons. The van der Waals surface area contributed by atoms with Gasteiger partial charge in [0.1, 0.15) is 28.6 Å². The molecule has 2 aromatic rings. The normalized spacial score (nSPS) is 26.1. The minimum absolute atomic E-state index is 0.0221. The van der Waals surface area contributed by atoms with Crippen LogP contribution in [0.25, 0.3) is 11.1 Å². The molecular formula is C31H32N2O8. The Kier molecular flexibility index (Phi) is 6.43. The summed E-state index contributed by atoms with van der Waals surface area (Å²) in [6, 6.07) is 9.09. The first-order valence-corrected chi connectivity index (χ1v) is 13.8. The van der Waals surface area contributed by atoms with Crippen LogP contribution in [0, 0.1) is 11.8 Å². The molecule has 0 spiro atoms. The SMILES string of the molecule is COc1ccc(CN2CCCC2)cc1-c1ccc(O)c2c1C[C@H]1C[C@H]3CC(O)=C(C(N)=O)C(=O)[C@@]3(O)C(O)=C1C2=O. The third-order valence-electron chi connectivity index (χ3n) is 9.10. The molecule has 41 heavy (non-hydrogen) atoms. The maximum absolute atomic E-state index is 13.9. The number of aliphatic hydroxyl groups is 3. The summed E-state index contributed by atoms with van der Waals surface area (Å²) in [5, 5.41) is 44.0. The first-order chi connectivity index (χ1) is 19.6. The van der Waals surface area contributed by atoms with Gasteiger partial charge in [0.05, 0.1) is 12.7 Å². The Morgan fingerprint density at radius 3 is 2.49 bits per heavy atom. The fourth-order valence-corrected chi connectivity index (χ4v) is 7.13. The number of phenols is 1. The monoisotopic (exact) mass is 560 g/mol. The predicted molar refractivity (Wildman–Crippen MR) is 147 cm³/mol. The van der Waals surface area contributed by atoms with Crippen molar-refractivity contribution in [2.24, 2.45) is 17.6 Å². The molecule has 1 amide bonds. The Balaban J connectivity index is 1.47. The summed E-state index contributed by atoms with van der Waals surface area (Å²) in [6.45, 7) is 2.84. The zero-order valence-corrected chi connectivity index (χ0v) is 22.6. The van der Waals surface area contributed by atoms with E-state index in [1.165, 1.54) is 18.9 Å². The van der Waals surface area contributed by atoms with Crippen molar-refractivity contribution in [3.63, 3.8) is 0 Å². The lowest BCUT2D eigenvalue weighted by Gasteiger charge is -2.45. The van der Waals surface area contributed by atoms with Crippen molar-refractivity contribution in [1.82, 2.24) is 4.90 Å². The first-order valence-electron chi connectivity index (χ1n) is 13.8. The maximum atomic E-state index is 13.9. The van der Waals surface area contributed by atoms with E-state index < -0.39 is 52.0 Å². The molecule has 0 aromatic heterocycles. The predicted octanol–water partition coefficient (Wildman–Crippen LogP) is 2.85. The van der Waals surface area contributed by atoms with Crippen molar-refractivity contribution in [2.75, 3.05) is 20.2 Å². The van der Waals surface area contributed by atoms with Crippen molar-refractivity contribution in [3.8, 4) is 22.6 Å². The van der Waals surface area contributed by atoms with E-state index in [-0.39, 0.29) is 36.1 Å². The standard InChI is InChI=1S/C31H32N2O8/c1-41-23-7-4-15(14-33-8-2-3-9-33)10-19(23)18-5-6-21(34)25-20(18)12-16-11-17-13-22(35)26(30(32)39)29(38)31(17,40)28(37)24(16)27(25)36/h4-7,10,16-17,34-35,37,40H,2-3,8-9,11-14H2,1H3,(H2,32,39)/t16-,17+,31+/m1/s1. The molecule has 10 nitrogen and oxygen atoms in total. The number of ketones is 2. The number of aromatic hydroxyl groups is 1. The molecule has 1 fully saturated rings. The van der Waals surface area contributed by atoms with Crippen molar-refractivity contribution >= 4 is 17.5 Å². The Bertz CT molecular complexity index is 1570. The second-order valence-corrected chi connectivity index (χ2v) is 11.4. The number of fused-ring (bicyclic) bond motifs is 3. The number of carbonyl (C=O) groups excluding carboxylic acids is 3. The van der Waals surface area contributed by atoms with Gasteiger partial charge in [-0.05, 0) is 79.6 Å². The van der Waals surface area contributed by atoms with E-state index in [4.69, 9.17) is 10.5 Å². The molecule has 0 radical (unpaired) electrons. The van der Waals surface area contributed by atoms with Crippen LogP contribution < -0.4 is 10.5 Å². The van der Waals surface area contributed by atoms with Crippen LogP contribution in [0.2, 0.25) is 0 Å². The van der Waals surface area contributed by atoms with Gasteiger partial charge in [0.25, 0.3) is 5.91 Å². The molecule has 3 atom stereocenters. The van der Waals surface area contributed by atoms with Crippen LogP contribution in [0.1, 0.15) is 47.2 Å². The van der Waals surface area contributed by atoms with Crippen LogP contribution >= 0.6 is 0 Å². The molecule has 2 aromatic carbocycles. The van der Waals surface area contributed by atoms with Gasteiger partial charge in [-0.1, -0.05) is 12.1 Å². The van der Waals surface area contributed by atoms with E-state index in [1.54, 1.807) is 13.2 Å². The van der Waals surface area contributed by atoms with Gasteiger partial charge in [-0.2, -0.15) is 0 Å². The number of benzene rings is 2. The van der Waals surface area contributed by atoms with Crippen LogP contribution in [0.5, 0.6) is 11.5 Å². The average Bonchev–Trinajstić information content (AvgIpc) is 3.44. The van der Waals surface area contributed by atoms with Gasteiger partial charge < -0.3 is 30.9 Å². The van der Waals surface area contributed by atoms with Crippen LogP contribution in [0.15, 0.2) is 53.0 Å². The molecule has 1 aliphatic heterocycles. The van der Waals surface area contributed by atoms with E-state index in [2.05, 4.69) is 4.90 Å². The fourth-order valence-electron chi connectivity index (χ4n) is 7.13. The molecule has 0 unspecified atom stereocenters. The van der Waals surface area contributed by atoms with Crippen molar-refractivity contribution in [1.29, 1.82) is 0 Å². The van der Waals surface area contributed by atoms with Crippen molar-refractivity contribution in [2.45, 2.75) is 44.2 Å². The molecule has 1 heterocycles. The lowest BCUT2D eigenvalue weighted by atomic mass is 9.60.